The van der Waals surface area contributed by atoms with Crippen LogP contribution in [-0.2, 0) is 0 Å². The molecule has 1 aliphatic rings. The molecule has 0 aromatic carbocycles. The zero-order chi connectivity index (χ0) is 12.3. The number of hydrogen-bond donors (Lipinski definition) is 1. The SMILES string of the molecule is NC(=S)CN1CCN(C(=O)c2cccs2)CC1. The van der Waals surface area contributed by atoms with Crippen molar-refractivity contribution in [1.82, 2.24) is 9.80 Å². The molecule has 0 atom stereocenters. The molecule has 2 N–H and O–H groups in total. The Labute approximate surface area is 110 Å². The smallest absolute Gasteiger partial charge is 0.264 e. The van der Waals surface area contributed by atoms with Crippen molar-refractivity contribution in [3.8, 4) is 0 Å². The number of carbonyl (C=O) groups excluding carboxylic acids is 1. The molecule has 1 aliphatic heterocycles. The highest BCUT2D eigenvalue weighted by atomic mass is 32.1. The molecule has 0 radical (unpaired) electrons. The molecular formula is C11H15N3OS2. The first-order chi connectivity index (χ1) is 8.16. The molecule has 2 heterocycles. The molecule has 1 amide bonds. The maximum Gasteiger partial charge on any atom is 0.264 e. The van der Waals surface area contributed by atoms with Gasteiger partial charge in [0.1, 0.15) is 0 Å². The van der Waals surface area contributed by atoms with Crippen molar-refractivity contribution < 1.29 is 4.79 Å². The normalized spacial score (nSPS) is 17.1. The number of hydrogen-bond acceptors (Lipinski definition) is 4. The summed E-state index contributed by atoms with van der Waals surface area (Å²) in [6, 6.07) is 3.77. The van der Waals surface area contributed by atoms with Crippen LogP contribution < -0.4 is 5.73 Å². The highest BCUT2D eigenvalue weighted by Crippen LogP contribution is 2.13. The van der Waals surface area contributed by atoms with E-state index in [9.17, 15) is 4.79 Å². The third-order valence-electron chi connectivity index (χ3n) is 2.77. The summed E-state index contributed by atoms with van der Waals surface area (Å²) in [5.74, 6) is 0.134. The summed E-state index contributed by atoms with van der Waals surface area (Å²) in [4.78, 5) is 17.5. The van der Waals surface area contributed by atoms with Crippen molar-refractivity contribution in [3.05, 3.63) is 22.4 Å². The maximum atomic E-state index is 12.1. The number of rotatable bonds is 3. The Balaban J connectivity index is 1.87. The van der Waals surface area contributed by atoms with Crippen LogP contribution in [0.2, 0.25) is 0 Å². The van der Waals surface area contributed by atoms with E-state index in [1.807, 2.05) is 22.4 Å². The molecule has 0 saturated carbocycles. The molecule has 1 saturated heterocycles. The van der Waals surface area contributed by atoms with E-state index in [-0.39, 0.29) is 5.91 Å². The van der Waals surface area contributed by atoms with Gasteiger partial charge in [-0.05, 0) is 11.4 Å². The van der Waals surface area contributed by atoms with Gasteiger partial charge in [-0.3, -0.25) is 9.69 Å². The van der Waals surface area contributed by atoms with Gasteiger partial charge in [0.25, 0.3) is 5.91 Å². The van der Waals surface area contributed by atoms with Gasteiger partial charge in [-0.1, -0.05) is 18.3 Å². The van der Waals surface area contributed by atoms with E-state index in [1.54, 1.807) is 0 Å². The summed E-state index contributed by atoms with van der Waals surface area (Å²) in [7, 11) is 0. The topological polar surface area (TPSA) is 49.6 Å². The van der Waals surface area contributed by atoms with Crippen molar-refractivity contribution in [2.24, 2.45) is 5.73 Å². The molecule has 0 unspecified atom stereocenters. The molecule has 0 spiro atoms. The van der Waals surface area contributed by atoms with Gasteiger partial charge in [0.2, 0.25) is 0 Å². The molecule has 0 aliphatic carbocycles. The van der Waals surface area contributed by atoms with E-state index in [4.69, 9.17) is 18.0 Å². The van der Waals surface area contributed by atoms with E-state index >= 15 is 0 Å². The highest BCUT2D eigenvalue weighted by Gasteiger charge is 2.22. The Morgan fingerprint density at radius 1 is 1.41 bits per heavy atom. The maximum absolute atomic E-state index is 12.1. The summed E-state index contributed by atoms with van der Waals surface area (Å²) in [5, 5.41) is 1.93. The lowest BCUT2D eigenvalue weighted by atomic mass is 10.3. The van der Waals surface area contributed by atoms with Crippen molar-refractivity contribution >= 4 is 34.5 Å². The third kappa shape index (κ3) is 3.24. The molecule has 1 fully saturated rings. The number of nitrogens with zero attached hydrogens (tertiary/aromatic N) is 2. The first kappa shape index (κ1) is 12.5. The molecule has 6 heteroatoms. The Hall–Kier alpha value is -0.980. The van der Waals surface area contributed by atoms with E-state index in [0.717, 1.165) is 31.1 Å². The second kappa shape index (κ2) is 5.57. The Morgan fingerprint density at radius 3 is 2.65 bits per heavy atom. The second-order valence-corrected chi connectivity index (χ2v) is 5.48. The number of thiocarbonyl (C=S) groups is 1. The lowest BCUT2D eigenvalue weighted by Gasteiger charge is -2.34. The van der Waals surface area contributed by atoms with Gasteiger partial charge in [0.05, 0.1) is 9.87 Å². The lowest BCUT2D eigenvalue weighted by Crippen LogP contribution is -2.50. The van der Waals surface area contributed by atoms with Crippen LogP contribution in [0.25, 0.3) is 0 Å². The van der Waals surface area contributed by atoms with Gasteiger partial charge in [-0.15, -0.1) is 11.3 Å². The van der Waals surface area contributed by atoms with Crippen LogP contribution in [0.15, 0.2) is 17.5 Å². The van der Waals surface area contributed by atoms with Crippen LogP contribution in [0.3, 0.4) is 0 Å². The van der Waals surface area contributed by atoms with Crippen LogP contribution in [0.4, 0.5) is 0 Å². The average molecular weight is 269 g/mol. The zero-order valence-electron chi connectivity index (χ0n) is 9.46. The fraction of sp³-hybridized carbons (Fsp3) is 0.455. The van der Waals surface area contributed by atoms with Crippen molar-refractivity contribution in [1.29, 1.82) is 0 Å². The Morgan fingerprint density at radius 2 is 2.12 bits per heavy atom. The molecular weight excluding hydrogens is 254 g/mol. The van der Waals surface area contributed by atoms with Crippen LogP contribution in [0.1, 0.15) is 9.67 Å². The molecule has 2 rings (SSSR count). The molecule has 1 aromatic rings. The van der Waals surface area contributed by atoms with Crippen LogP contribution in [0, 0.1) is 0 Å². The summed E-state index contributed by atoms with van der Waals surface area (Å²) in [6.45, 7) is 3.83. The van der Waals surface area contributed by atoms with Crippen LogP contribution in [0.5, 0.6) is 0 Å². The quantitative estimate of drug-likeness (QED) is 0.824. The number of thiophene rings is 1. The zero-order valence-corrected chi connectivity index (χ0v) is 11.1. The summed E-state index contributed by atoms with van der Waals surface area (Å²) < 4.78 is 0. The van der Waals surface area contributed by atoms with Gasteiger partial charge in [0, 0.05) is 32.7 Å². The number of nitrogens with two attached hydrogens (primary N) is 1. The minimum absolute atomic E-state index is 0.134. The van der Waals surface area contributed by atoms with E-state index in [2.05, 4.69) is 4.90 Å². The van der Waals surface area contributed by atoms with Crippen LogP contribution >= 0.6 is 23.6 Å². The van der Waals surface area contributed by atoms with Gasteiger partial charge < -0.3 is 10.6 Å². The van der Waals surface area contributed by atoms with E-state index in [1.165, 1.54) is 11.3 Å². The Kier molecular flexibility index (Phi) is 4.09. The van der Waals surface area contributed by atoms with Gasteiger partial charge in [-0.25, -0.2) is 0 Å². The van der Waals surface area contributed by atoms with Gasteiger partial charge in [-0.2, -0.15) is 0 Å². The minimum atomic E-state index is 0.134. The first-order valence-corrected chi connectivity index (χ1v) is 6.79. The Bertz CT molecular complexity index is 397. The number of amides is 1. The largest absolute Gasteiger partial charge is 0.392 e. The average Bonchev–Trinajstić information content (AvgIpc) is 2.82. The summed E-state index contributed by atoms with van der Waals surface area (Å²) >= 11 is 6.37. The van der Waals surface area contributed by atoms with Crippen molar-refractivity contribution in [2.75, 3.05) is 32.7 Å². The number of piperazine rings is 1. The summed E-state index contributed by atoms with van der Waals surface area (Å²) in [6.07, 6.45) is 0. The monoisotopic (exact) mass is 269 g/mol. The van der Waals surface area contributed by atoms with Crippen LogP contribution in [-0.4, -0.2) is 53.4 Å². The fourth-order valence-corrected chi connectivity index (χ4v) is 2.76. The molecule has 92 valence electrons. The number of carbonyl (C=O) groups is 1. The molecule has 0 bridgehead atoms. The predicted molar refractivity (Wildman–Crippen MR) is 73.4 cm³/mol. The minimum Gasteiger partial charge on any atom is -0.392 e. The fourth-order valence-electron chi connectivity index (χ4n) is 1.89. The molecule has 17 heavy (non-hydrogen) atoms. The molecule has 4 nitrogen and oxygen atoms in total. The first-order valence-electron chi connectivity index (χ1n) is 5.50. The van der Waals surface area contributed by atoms with E-state index in [0.29, 0.717) is 11.5 Å². The van der Waals surface area contributed by atoms with E-state index < -0.39 is 0 Å². The van der Waals surface area contributed by atoms with Gasteiger partial charge in [0.15, 0.2) is 0 Å². The lowest BCUT2D eigenvalue weighted by molar-refractivity contribution is 0.0659. The van der Waals surface area contributed by atoms with Crippen molar-refractivity contribution in [2.45, 2.75) is 0 Å². The highest BCUT2D eigenvalue weighted by molar-refractivity contribution is 7.80. The summed E-state index contributed by atoms with van der Waals surface area (Å²) in [5.41, 5.74) is 5.51. The van der Waals surface area contributed by atoms with Crippen molar-refractivity contribution in [3.63, 3.8) is 0 Å². The second-order valence-electron chi connectivity index (χ2n) is 4.01. The molecule has 1 aromatic heterocycles. The standard InChI is InChI=1S/C11H15N3OS2/c12-10(16)8-13-3-5-14(6-4-13)11(15)9-2-1-7-17-9/h1-2,7H,3-6,8H2,(H2,12,16). The van der Waals surface area contributed by atoms with Gasteiger partial charge >= 0.3 is 0 Å². The third-order valence-corrected chi connectivity index (χ3v) is 3.76. The predicted octanol–water partition coefficient (Wildman–Crippen LogP) is 0.792.